The molecule has 2 saturated heterocycles. The predicted octanol–water partition coefficient (Wildman–Crippen LogP) is 23.6. The molecule has 0 bridgehead atoms. The zero-order valence-electron chi connectivity index (χ0n) is 62.2. The quantitative estimate of drug-likeness (QED) is 0.0465. The highest BCUT2D eigenvalue weighted by atomic mass is 31.2. The van der Waals surface area contributed by atoms with Gasteiger partial charge in [0.25, 0.3) is 0 Å². The molecule has 14 rings (SSSR count). The molecular formula is C92H102N3O9P. The molecule has 12 aromatic rings. The van der Waals surface area contributed by atoms with Crippen LogP contribution < -0.4 is 9.47 Å². The number of rotatable bonds is 24. The summed E-state index contributed by atoms with van der Waals surface area (Å²) in [5.41, 5.74) is 17.5. The van der Waals surface area contributed by atoms with E-state index in [9.17, 15) is 14.5 Å². The van der Waals surface area contributed by atoms with Crippen LogP contribution >= 0.6 is 7.60 Å². The molecular weight excluding hydrogens is 1320 g/mol. The van der Waals surface area contributed by atoms with Crippen molar-refractivity contribution in [3.8, 4) is 17.2 Å². The first-order valence-corrected chi connectivity index (χ1v) is 39.1. The molecule has 12 nitrogen and oxygen atoms in total. The molecule has 544 valence electrons. The van der Waals surface area contributed by atoms with Crippen molar-refractivity contribution in [2.45, 2.75) is 150 Å². The van der Waals surface area contributed by atoms with E-state index >= 15 is 0 Å². The zero-order valence-corrected chi connectivity index (χ0v) is 63.1. The highest BCUT2D eigenvalue weighted by Crippen LogP contribution is 2.51. The van der Waals surface area contributed by atoms with Crippen molar-refractivity contribution in [2.24, 2.45) is 0 Å². The second-order valence-electron chi connectivity index (χ2n) is 27.7. The highest BCUT2D eigenvalue weighted by Gasteiger charge is 2.26. The lowest BCUT2D eigenvalue weighted by molar-refractivity contribution is -0.106. The minimum atomic E-state index is -2.94. The van der Waals surface area contributed by atoms with Crippen LogP contribution in [-0.4, -0.2) is 64.1 Å². The number of fused-ring (bicyclic) bond motifs is 3. The molecule has 105 heavy (non-hydrogen) atoms. The first-order chi connectivity index (χ1) is 51.2. The first-order valence-electron chi connectivity index (χ1n) is 37.4. The summed E-state index contributed by atoms with van der Waals surface area (Å²) >= 11 is 0. The van der Waals surface area contributed by atoms with E-state index in [1.807, 2.05) is 111 Å². The fourth-order valence-electron chi connectivity index (χ4n) is 14.2. The molecule has 2 aliphatic heterocycles. The number of aldehydes is 1. The van der Waals surface area contributed by atoms with Gasteiger partial charge in [-0.05, 0) is 145 Å². The molecule has 2 aliphatic rings. The minimum absolute atomic E-state index is 0.148. The van der Waals surface area contributed by atoms with Crippen LogP contribution in [0.5, 0.6) is 17.2 Å². The summed E-state index contributed by atoms with van der Waals surface area (Å²) < 4.78 is 53.5. The Balaban J connectivity index is 0.000000144. The Kier molecular flexibility index (Phi) is 27.5. The first kappa shape index (κ1) is 76.4. The van der Waals surface area contributed by atoms with Gasteiger partial charge in [-0.1, -0.05) is 248 Å². The van der Waals surface area contributed by atoms with Gasteiger partial charge in [0, 0.05) is 99.0 Å². The van der Waals surface area contributed by atoms with E-state index in [4.69, 9.17) is 28.0 Å². The SMILES string of the molecule is CC(C)c1c(/C=C/c2ccccc2)c2cc(O)ccc2n1Cc1ccccc1.CC(C)c1c(/C=C/c2ccccc2)c2cc(OC3CCCCO3)ccc2n1Cc1ccccc1.CC(C)c1c(C=O)c2cc(OC3CCCCO3)ccc2n1Cc1ccccc1.CCOP(=O)(Cc1ccccc1)OCC. The van der Waals surface area contributed by atoms with Crippen LogP contribution in [0.1, 0.15) is 184 Å². The number of nitrogens with zero attached hydrogens (tertiary/aromatic N) is 3. The van der Waals surface area contributed by atoms with Gasteiger partial charge in [0.05, 0.1) is 32.6 Å². The number of phenols is 1. The molecule has 0 amide bonds. The monoisotopic (exact) mass is 1420 g/mol. The van der Waals surface area contributed by atoms with Crippen LogP contribution in [0, 0.1) is 0 Å². The number of carbonyl (C=O) groups is 1. The van der Waals surface area contributed by atoms with Crippen molar-refractivity contribution in [1.29, 1.82) is 0 Å². The molecule has 0 radical (unpaired) electrons. The number of ether oxygens (including phenoxy) is 4. The highest BCUT2D eigenvalue weighted by molar-refractivity contribution is 7.53. The Morgan fingerprint density at radius 2 is 0.771 bits per heavy atom. The minimum Gasteiger partial charge on any atom is -0.508 e. The van der Waals surface area contributed by atoms with Crippen LogP contribution in [0.15, 0.2) is 237 Å². The van der Waals surface area contributed by atoms with Crippen molar-refractivity contribution in [3.63, 3.8) is 0 Å². The fourth-order valence-corrected chi connectivity index (χ4v) is 15.9. The van der Waals surface area contributed by atoms with Gasteiger partial charge in [-0.2, -0.15) is 0 Å². The van der Waals surface area contributed by atoms with Crippen molar-refractivity contribution in [3.05, 3.63) is 304 Å². The van der Waals surface area contributed by atoms with Gasteiger partial charge in [0.2, 0.25) is 0 Å². The maximum absolute atomic E-state index is 12.1. The van der Waals surface area contributed by atoms with E-state index < -0.39 is 7.60 Å². The lowest BCUT2D eigenvalue weighted by atomic mass is 10.0. The van der Waals surface area contributed by atoms with Crippen molar-refractivity contribution >= 4 is 70.9 Å². The Morgan fingerprint density at radius 1 is 0.429 bits per heavy atom. The number of hydrogen-bond acceptors (Lipinski definition) is 9. The second-order valence-corrected chi connectivity index (χ2v) is 29.7. The standard InChI is InChI=1S/C31H33NO2.C26H25NO.C24H27NO3.C11H17O3P/c1-23(2)31-27(18-16-24-11-5-3-6-12-24)28-21-26(34-30-15-9-10-20-33-30)17-19-29(28)32(31)22-25-13-7-4-8-14-25;1-19(2)26-23(15-13-20-9-5-3-6-10-20)24-17-22(28)14-16-25(24)27(26)18-21-11-7-4-8-12-21;1-17(2)24-21(16-26)20-14-19(28-23-10-6-7-13-27-23)11-12-22(20)25(24)15-18-8-4-3-5-9-18;1-3-13-15(12,14-4-2)10-11-8-6-5-7-9-11/h3-8,11-14,16-19,21,23,30H,9-10,15,20,22H2,1-2H3;3-17,19,28H,18H2,1-2H3;3-5,8-9,11-12,14,16-17,23H,6-7,10,13,15H2,1-2H3;5-9H,3-4,10H2,1-2H3/b18-16+;15-13+;;. The van der Waals surface area contributed by atoms with Crippen LogP contribution in [0.2, 0.25) is 0 Å². The third-order valence-electron chi connectivity index (χ3n) is 18.8. The Hall–Kier alpha value is -9.78. The van der Waals surface area contributed by atoms with Crippen LogP contribution in [-0.2, 0) is 48.9 Å². The summed E-state index contributed by atoms with van der Waals surface area (Å²) in [6, 6.07) is 80.3. The van der Waals surface area contributed by atoms with E-state index in [1.54, 1.807) is 6.07 Å². The van der Waals surface area contributed by atoms with Crippen molar-refractivity contribution < 1.29 is 42.5 Å². The maximum Gasteiger partial charge on any atom is 0.335 e. The topological polar surface area (TPSA) is 125 Å². The smallest absolute Gasteiger partial charge is 0.335 e. The molecule has 9 aromatic carbocycles. The number of aromatic nitrogens is 3. The summed E-state index contributed by atoms with van der Waals surface area (Å²) in [5, 5.41) is 13.4. The third-order valence-corrected chi connectivity index (χ3v) is 20.9. The Morgan fingerprint density at radius 3 is 1.12 bits per heavy atom. The number of carbonyl (C=O) groups excluding carboxylic acids is 1. The average molecular weight is 1420 g/mol. The van der Waals surface area contributed by atoms with Gasteiger partial charge >= 0.3 is 7.60 Å². The van der Waals surface area contributed by atoms with E-state index in [-0.39, 0.29) is 18.5 Å². The van der Waals surface area contributed by atoms with Gasteiger partial charge in [-0.3, -0.25) is 9.36 Å². The van der Waals surface area contributed by atoms with Gasteiger partial charge < -0.3 is 46.8 Å². The molecule has 0 spiro atoms. The lowest BCUT2D eigenvalue weighted by Gasteiger charge is -2.23. The van der Waals surface area contributed by atoms with Gasteiger partial charge in [0.15, 0.2) is 18.9 Å². The van der Waals surface area contributed by atoms with E-state index in [2.05, 4.69) is 213 Å². The summed E-state index contributed by atoms with van der Waals surface area (Å²) in [6.07, 6.45) is 16.2. The molecule has 2 fully saturated rings. The Bertz CT molecular complexity index is 4790. The van der Waals surface area contributed by atoms with Gasteiger partial charge in [-0.25, -0.2) is 0 Å². The third kappa shape index (κ3) is 20.4. The van der Waals surface area contributed by atoms with Gasteiger partial charge in [0.1, 0.15) is 17.2 Å². The van der Waals surface area contributed by atoms with E-state index in [0.717, 1.165) is 128 Å². The molecule has 0 aliphatic carbocycles. The van der Waals surface area contributed by atoms with Crippen LogP contribution in [0.3, 0.4) is 0 Å². The van der Waals surface area contributed by atoms with Crippen molar-refractivity contribution in [1.82, 2.24) is 13.7 Å². The number of aromatic hydroxyl groups is 1. The van der Waals surface area contributed by atoms with E-state index in [0.29, 0.717) is 37.0 Å². The summed E-state index contributed by atoms with van der Waals surface area (Å²) in [6.45, 7) is 21.7. The fraction of sp³-hybridized carbons (Fsp3) is 0.293. The summed E-state index contributed by atoms with van der Waals surface area (Å²) in [4.78, 5) is 12.0. The molecule has 5 heterocycles. The summed E-state index contributed by atoms with van der Waals surface area (Å²) in [7, 11) is -2.94. The maximum atomic E-state index is 12.1. The lowest BCUT2D eigenvalue weighted by Crippen LogP contribution is -2.24. The largest absolute Gasteiger partial charge is 0.508 e. The van der Waals surface area contributed by atoms with E-state index in [1.165, 1.54) is 61.2 Å². The predicted molar refractivity (Wildman–Crippen MR) is 432 cm³/mol. The number of hydrogen-bond donors (Lipinski definition) is 1. The molecule has 0 saturated carbocycles. The molecule has 1 N–H and O–H groups in total. The zero-order chi connectivity index (χ0) is 73.5. The van der Waals surface area contributed by atoms with Gasteiger partial charge in [-0.15, -0.1) is 0 Å². The molecule has 2 atom stereocenters. The van der Waals surface area contributed by atoms with Crippen LogP contribution in [0.25, 0.3) is 57.0 Å². The molecule has 3 aromatic heterocycles. The second kappa shape index (κ2) is 37.8. The number of benzene rings is 9. The van der Waals surface area contributed by atoms with Crippen molar-refractivity contribution in [2.75, 3.05) is 26.4 Å². The summed E-state index contributed by atoms with van der Waals surface area (Å²) in [5.74, 6) is 2.90. The van der Waals surface area contributed by atoms with Crippen LogP contribution in [0.4, 0.5) is 0 Å². The Labute approximate surface area is 621 Å². The normalized spacial score (nSPS) is 14.7. The molecule has 2 unspecified atom stereocenters. The number of phenolic OH excluding ortho intramolecular Hbond substituents is 1. The molecule has 13 heteroatoms. The average Bonchev–Trinajstić information content (AvgIpc) is 1.60.